The first-order valence-electron chi connectivity index (χ1n) is 5.14. The van der Waals surface area contributed by atoms with Crippen molar-refractivity contribution < 1.29 is 19.3 Å². The molecule has 2 atom stereocenters. The summed E-state index contributed by atoms with van der Waals surface area (Å²) in [7, 11) is 0. The van der Waals surface area contributed by atoms with Gasteiger partial charge in [0, 0.05) is 12.1 Å². The maximum absolute atomic E-state index is 11.5. The van der Waals surface area contributed by atoms with E-state index in [0.29, 0.717) is 13.0 Å². The highest BCUT2D eigenvalue weighted by Crippen LogP contribution is 2.15. The zero-order valence-corrected chi connectivity index (χ0v) is 8.67. The fraction of sp³-hybridized carbons (Fsp3) is 0.364. The van der Waals surface area contributed by atoms with Crippen LogP contribution in [0.2, 0.25) is 0 Å². The van der Waals surface area contributed by atoms with Gasteiger partial charge in [0.2, 0.25) is 5.91 Å². The van der Waals surface area contributed by atoms with Crippen molar-refractivity contribution in [3.8, 4) is 0 Å². The van der Waals surface area contributed by atoms with Gasteiger partial charge in [0.25, 0.3) is 0 Å². The summed E-state index contributed by atoms with van der Waals surface area (Å²) in [6.45, 7) is 0.524. The molecule has 0 aliphatic carbocycles. The Morgan fingerprint density at radius 1 is 1.44 bits per heavy atom. The summed E-state index contributed by atoms with van der Waals surface area (Å²) >= 11 is 0. The van der Waals surface area contributed by atoms with E-state index in [4.69, 9.17) is 5.11 Å². The van der Waals surface area contributed by atoms with Gasteiger partial charge in [0.05, 0.1) is 5.92 Å². The van der Waals surface area contributed by atoms with Gasteiger partial charge in [0.1, 0.15) is 6.04 Å². The monoisotopic (exact) mass is 221 g/mol. The minimum absolute atomic E-state index is 0.177. The number of aliphatic carboxylic acids is 1. The van der Waals surface area contributed by atoms with Gasteiger partial charge in [-0.3, -0.25) is 4.79 Å². The van der Waals surface area contributed by atoms with Gasteiger partial charge in [-0.15, -0.1) is 0 Å². The van der Waals surface area contributed by atoms with Crippen LogP contribution in [0.1, 0.15) is 6.42 Å². The van der Waals surface area contributed by atoms with Crippen LogP contribution in [-0.2, 0) is 16.1 Å². The molecule has 2 rings (SSSR count). The van der Waals surface area contributed by atoms with Gasteiger partial charge in [0.15, 0.2) is 18.9 Å². The molecular formula is C11H13N2O3+. The summed E-state index contributed by atoms with van der Waals surface area (Å²) in [5, 5.41) is 11.3. The lowest BCUT2D eigenvalue weighted by molar-refractivity contribution is -0.701. The van der Waals surface area contributed by atoms with E-state index < -0.39 is 12.0 Å². The topological polar surface area (TPSA) is 70.3 Å². The maximum atomic E-state index is 11.5. The highest BCUT2D eigenvalue weighted by atomic mass is 16.4. The van der Waals surface area contributed by atoms with Crippen molar-refractivity contribution in [1.29, 1.82) is 0 Å². The van der Waals surface area contributed by atoms with E-state index in [1.807, 2.05) is 35.2 Å². The molecule has 1 amide bonds. The van der Waals surface area contributed by atoms with Crippen LogP contribution in [0.3, 0.4) is 0 Å². The van der Waals surface area contributed by atoms with E-state index in [1.165, 1.54) is 0 Å². The lowest BCUT2D eigenvalue weighted by Crippen LogP contribution is -2.39. The molecule has 1 aliphatic heterocycles. The van der Waals surface area contributed by atoms with E-state index in [2.05, 4.69) is 5.32 Å². The Kier molecular flexibility index (Phi) is 2.85. The Hall–Kier alpha value is -1.91. The van der Waals surface area contributed by atoms with E-state index in [-0.39, 0.29) is 11.8 Å². The molecular weight excluding hydrogens is 208 g/mol. The highest BCUT2D eigenvalue weighted by molar-refractivity contribution is 5.88. The first kappa shape index (κ1) is 10.6. The molecule has 2 heterocycles. The third kappa shape index (κ3) is 2.18. The standard InChI is InChI=1S/C11H12N2O3/c14-10-8(6-9(12-10)11(15)16)7-13-4-2-1-3-5-13/h1-5,8-9H,6-7H2,(H-,12,14,15,16)/p+1. The molecule has 2 unspecified atom stereocenters. The van der Waals surface area contributed by atoms with Crippen LogP contribution in [0.4, 0.5) is 0 Å². The summed E-state index contributed by atoms with van der Waals surface area (Å²) in [6.07, 6.45) is 4.08. The largest absolute Gasteiger partial charge is 0.480 e. The molecule has 1 fully saturated rings. The van der Waals surface area contributed by atoms with Crippen molar-refractivity contribution in [3.05, 3.63) is 30.6 Å². The Morgan fingerprint density at radius 3 is 2.69 bits per heavy atom. The van der Waals surface area contributed by atoms with E-state index in [0.717, 1.165) is 0 Å². The van der Waals surface area contributed by atoms with E-state index in [1.54, 1.807) is 0 Å². The zero-order valence-electron chi connectivity index (χ0n) is 8.67. The second-order valence-corrected chi connectivity index (χ2v) is 3.90. The lowest BCUT2D eigenvalue weighted by Gasteiger charge is -2.01. The molecule has 1 aliphatic rings. The fourth-order valence-corrected chi connectivity index (χ4v) is 1.87. The number of hydrogen-bond acceptors (Lipinski definition) is 2. The third-order valence-electron chi connectivity index (χ3n) is 2.71. The molecule has 5 nitrogen and oxygen atoms in total. The average molecular weight is 221 g/mol. The molecule has 0 spiro atoms. The fourth-order valence-electron chi connectivity index (χ4n) is 1.87. The van der Waals surface area contributed by atoms with Crippen LogP contribution >= 0.6 is 0 Å². The smallest absolute Gasteiger partial charge is 0.326 e. The van der Waals surface area contributed by atoms with Gasteiger partial charge in [-0.25, -0.2) is 9.36 Å². The van der Waals surface area contributed by atoms with Crippen molar-refractivity contribution in [1.82, 2.24) is 5.32 Å². The van der Waals surface area contributed by atoms with Crippen molar-refractivity contribution in [3.63, 3.8) is 0 Å². The lowest BCUT2D eigenvalue weighted by atomic mass is 10.1. The van der Waals surface area contributed by atoms with Crippen LogP contribution in [0.25, 0.3) is 0 Å². The number of carboxylic acid groups (broad SMARTS) is 1. The molecule has 1 saturated heterocycles. The predicted molar refractivity (Wildman–Crippen MR) is 54.3 cm³/mol. The minimum atomic E-state index is -0.964. The molecule has 0 bridgehead atoms. The Bertz CT molecular complexity index is 405. The average Bonchev–Trinajstić information content (AvgIpc) is 2.62. The van der Waals surface area contributed by atoms with Crippen molar-refractivity contribution >= 4 is 11.9 Å². The number of amides is 1. The van der Waals surface area contributed by atoms with Crippen molar-refractivity contribution in [2.45, 2.75) is 19.0 Å². The van der Waals surface area contributed by atoms with Crippen LogP contribution in [-0.4, -0.2) is 23.0 Å². The molecule has 1 aromatic heterocycles. The molecule has 5 heteroatoms. The number of rotatable bonds is 3. The molecule has 2 N–H and O–H groups in total. The van der Waals surface area contributed by atoms with Crippen LogP contribution in [0.5, 0.6) is 0 Å². The summed E-state index contributed by atoms with van der Waals surface area (Å²) in [4.78, 5) is 22.2. The highest BCUT2D eigenvalue weighted by Gasteiger charge is 2.38. The first-order valence-corrected chi connectivity index (χ1v) is 5.14. The Balaban J connectivity index is 2.02. The number of pyridine rings is 1. The summed E-state index contributed by atoms with van der Waals surface area (Å²) in [5.41, 5.74) is 0. The van der Waals surface area contributed by atoms with E-state index >= 15 is 0 Å². The van der Waals surface area contributed by atoms with Gasteiger partial charge in [-0.1, -0.05) is 6.07 Å². The number of carbonyl (C=O) groups is 2. The van der Waals surface area contributed by atoms with E-state index in [9.17, 15) is 9.59 Å². The van der Waals surface area contributed by atoms with Gasteiger partial charge in [-0.05, 0) is 6.42 Å². The number of nitrogens with zero attached hydrogens (tertiary/aromatic N) is 1. The predicted octanol–water partition coefficient (Wildman–Crippen LogP) is -0.437. The number of hydrogen-bond donors (Lipinski definition) is 2. The molecule has 0 saturated carbocycles. The Labute approximate surface area is 92.7 Å². The number of nitrogens with one attached hydrogen (secondary N) is 1. The Morgan fingerprint density at radius 2 is 2.12 bits per heavy atom. The summed E-state index contributed by atoms with van der Waals surface area (Å²) in [5.74, 6) is -1.40. The molecule has 84 valence electrons. The number of carboxylic acids is 1. The zero-order chi connectivity index (χ0) is 11.5. The summed E-state index contributed by atoms with van der Waals surface area (Å²) < 4.78 is 1.88. The molecule has 1 aromatic rings. The second kappa shape index (κ2) is 4.30. The van der Waals surface area contributed by atoms with Crippen molar-refractivity contribution in [2.24, 2.45) is 5.92 Å². The van der Waals surface area contributed by atoms with Gasteiger partial charge in [-0.2, -0.15) is 0 Å². The molecule has 0 radical (unpaired) electrons. The second-order valence-electron chi connectivity index (χ2n) is 3.90. The molecule has 16 heavy (non-hydrogen) atoms. The first-order chi connectivity index (χ1) is 7.66. The van der Waals surface area contributed by atoms with Gasteiger partial charge >= 0.3 is 5.97 Å². The van der Waals surface area contributed by atoms with Crippen LogP contribution in [0, 0.1) is 5.92 Å². The maximum Gasteiger partial charge on any atom is 0.326 e. The summed E-state index contributed by atoms with van der Waals surface area (Å²) in [6, 6.07) is 4.91. The quantitative estimate of drug-likeness (QED) is 0.680. The SMILES string of the molecule is O=C1NC(C(=O)O)CC1C[n+]1ccccc1. The third-order valence-corrected chi connectivity index (χ3v) is 2.71. The van der Waals surface area contributed by atoms with Gasteiger partial charge < -0.3 is 10.4 Å². The number of carbonyl (C=O) groups excluding carboxylic acids is 1. The number of aromatic nitrogens is 1. The van der Waals surface area contributed by atoms with Crippen LogP contribution < -0.4 is 9.88 Å². The molecule has 0 aromatic carbocycles. The minimum Gasteiger partial charge on any atom is -0.480 e. The van der Waals surface area contributed by atoms with Crippen molar-refractivity contribution in [2.75, 3.05) is 0 Å². The normalized spacial score (nSPS) is 24.1. The van der Waals surface area contributed by atoms with Crippen LogP contribution in [0.15, 0.2) is 30.6 Å².